The van der Waals surface area contributed by atoms with Gasteiger partial charge < -0.3 is 9.30 Å². The molecule has 0 aliphatic heterocycles. The average molecular weight is 509 g/mol. The summed E-state index contributed by atoms with van der Waals surface area (Å²) in [4.78, 5) is 16.7. The molecule has 3 heterocycles. The van der Waals surface area contributed by atoms with Gasteiger partial charge in [-0.3, -0.25) is 4.57 Å². The minimum absolute atomic E-state index is 0.142. The number of methoxy groups -OCH3 is 1. The standard InChI is InChI=1S/C21H20Cl3N7O2/c1-3-4-5-16-25-19(24)18(21(32)33-2)30(16)11-12-6-8-13(9-7-12)31-15(23)10-14(22)17(31)20-26-28-29-27-20/h6-10H,3-5,11H2,1-2H3,(H,26,27,28,29). The second kappa shape index (κ2) is 9.94. The Hall–Kier alpha value is -2.88. The molecule has 0 aliphatic rings. The molecular formula is C21H20Cl3N7O2. The lowest BCUT2D eigenvalue weighted by Gasteiger charge is -2.13. The molecule has 0 saturated heterocycles. The number of imidazole rings is 1. The first-order chi connectivity index (χ1) is 15.9. The zero-order chi connectivity index (χ0) is 23.5. The Kier molecular flexibility index (Phi) is 7.02. The van der Waals surface area contributed by atoms with E-state index in [0.29, 0.717) is 34.7 Å². The molecule has 9 nitrogen and oxygen atoms in total. The van der Waals surface area contributed by atoms with Crippen LogP contribution in [0.2, 0.25) is 15.3 Å². The van der Waals surface area contributed by atoms with E-state index in [9.17, 15) is 4.79 Å². The van der Waals surface area contributed by atoms with Crippen LogP contribution in [0.5, 0.6) is 0 Å². The number of carbonyl (C=O) groups is 1. The van der Waals surface area contributed by atoms with Gasteiger partial charge in [-0.1, -0.05) is 60.3 Å². The van der Waals surface area contributed by atoms with Crippen molar-refractivity contribution in [2.75, 3.05) is 7.11 Å². The minimum atomic E-state index is -0.522. The normalized spacial score (nSPS) is 11.2. The highest BCUT2D eigenvalue weighted by Gasteiger charge is 2.23. The summed E-state index contributed by atoms with van der Waals surface area (Å²) in [7, 11) is 1.32. The predicted molar refractivity (Wildman–Crippen MR) is 125 cm³/mol. The first kappa shape index (κ1) is 23.3. The lowest BCUT2D eigenvalue weighted by Crippen LogP contribution is -2.14. The monoisotopic (exact) mass is 507 g/mol. The Labute approximate surface area is 204 Å². The molecule has 33 heavy (non-hydrogen) atoms. The van der Waals surface area contributed by atoms with Gasteiger partial charge in [0.05, 0.1) is 12.1 Å². The van der Waals surface area contributed by atoms with E-state index in [1.165, 1.54) is 7.11 Å². The number of nitrogens with one attached hydrogen (secondary N) is 1. The largest absolute Gasteiger partial charge is 0.464 e. The highest BCUT2D eigenvalue weighted by atomic mass is 35.5. The molecule has 0 bridgehead atoms. The summed E-state index contributed by atoms with van der Waals surface area (Å²) in [6.45, 7) is 2.50. The third kappa shape index (κ3) is 4.62. The van der Waals surface area contributed by atoms with E-state index >= 15 is 0 Å². The predicted octanol–water partition coefficient (Wildman–Crippen LogP) is 4.99. The molecule has 0 fully saturated rings. The van der Waals surface area contributed by atoms with Crippen molar-refractivity contribution in [3.63, 3.8) is 0 Å². The Balaban J connectivity index is 1.68. The van der Waals surface area contributed by atoms with Crippen LogP contribution in [0.4, 0.5) is 0 Å². The molecule has 0 amide bonds. The number of H-pyrrole nitrogens is 1. The van der Waals surface area contributed by atoms with Crippen molar-refractivity contribution < 1.29 is 9.53 Å². The molecule has 4 aromatic rings. The van der Waals surface area contributed by atoms with Crippen molar-refractivity contribution in [1.29, 1.82) is 0 Å². The average Bonchev–Trinajstić information content (AvgIpc) is 3.50. The van der Waals surface area contributed by atoms with Crippen LogP contribution in [0.1, 0.15) is 41.6 Å². The smallest absolute Gasteiger partial charge is 0.357 e. The van der Waals surface area contributed by atoms with Crippen LogP contribution in [0, 0.1) is 0 Å². The number of halogens is 3. The Morgan fingerprint density at radius 2 is 1.94 bits per heavy atom. The number of aromatic nitrogens is 7. The molecule has 3 aromatic heterocycles. The quantitative estimate of drug-likeness (QED) is 0.336. The van der Waals surface area contributed by atoms with Gasteiger partial charge in [-0.2, -0.15) is 0 Å². The summed E-state index contributed by atoms with van der Waals surface area (Å²) < 4.78 is 8.48. The number of nitrogens with zero attached hydrogens (tertiary/aromatic N) is 6. The number of unbranched alkanes of at least 4 members (excludes halogenated alkanes) is 1. The number of tetrazole rings is 1. The summed E-state index contributed by atoms with van der Waals surface area (Å²) in [6.07, 6.45) is 2.63. The van der Waals surface area contributed by atoms with E-state index < -0.39 is 5.97 Å². The topological polar surface area (TPSA) is 104 Å². The Morgan fingerprint density at radius 3 is 2.58 bits per heavy atom. The second-order valence-electron chi connectivity index (χ2n) is 7.26. The van der Waals surface area contributed by atoms with Crippen molar-refractivity contribution in [2.45, 2.75) is 32.7 Å². The van der Waals surface area contributed by atoms with Gasteiger partial charge in [-0.05, 0) is 40.6 Å². The first-order valence-electron chi connectivity index (χ1n) is 10.2. The number of hydrogen-bond donors (Lipinski definition) is 1. The number of aromatic amines is 1. The maximum absolute atomic E-state index is 12.3. The molecule has 172 valence electrons. The SMILES string of the molecule is CCCCc1nc(Cl)c(C(=O)OC)n1Cc1ccc(-n2c(Cl)cc(Cl)c2-c2nnn[nH]2)cc1. The van der Waals surface area contributed by atoms with Crippen molar-refractivity contribution >= 4 is 40.8 Å². The molecule has 0 spiro atoms. The highest BCUT2D eigenvalue weighted by molar-refractivity contribution is 6.36. The van der Waals surface area contributed by atoms with E-state index in [1.54, 1.807) is 10.6 Å². The van der Waals surface area contributed by atoms with E-state index in [0.717, 1.165) is 29.9 Å². The van der Waals surface area contributed by atoms with E-state index in [4.69, 9.17) is 39.5 Å². The maximum atomic E-state index is 12.3. The molecule has 0 saturated carbocycles. The van der Waals surface area contributed by atoms with Crippen LogP contribution in [-0.4, -0.2) is 47.8 Å². The maximum Gasteiger partial charge on any atom is 0.357 e. The summed E-state index contributed by atoms with van der Waals surface area (Å²) >= 11 is 19.1. The number of carbonyl (C=O) groups excluding carboxylic acids is 1. The van der Waals surface area contributed by atoms with E-state index in [1.807, 2.05) is 28.8 Å². The number of esters is 1. The lowest BCUT2D eigenvalue weighted by molar-refractivity contribution is 0.0589. The van der Waals surface area contributed by atoms with Gasteiger partial charge in [0.15, 0.2) is 16.7 Å². The molecule has 0 aliphatic carbocycles. The molecule has 4 rings (SSSR count). The fourth-order valence-electron chi connectivity index (χ4n) is 3.57. The second-order valence-corrected chi connectivity index (χ2v) is 8.42. The van der Waals surface area contributed by atoms with Gasteiger partial charge in [-0.15, -0.1) is 5.10 Å². The molecule has 0 unspecified atom stereocenters. The first-order valence-corrected chi connectivity index (χ1v) is 11.3. The number of hydrogen-bond acceptors (Lipinski definition) is 6. The number of benzene rings is 1. The summed E-state index contributed by atoms with van der Waals surface area (Å²) in [5.74, 6) is 0.616. The van der Waals surface area contributed by atoms with Gasteiger partial charge in [0.25, 0.3) is 0 Å². The highest BCUT2D eigenvalue weighted by Crippen LogP contribution is 2.34. The summed E-state index contributed by atoms with van der Waals surface area (Å²) in [5.41, 5.74) is 2.50. The number of rotatable bonds is 8. The zero-order valence-electron chi connectivity index (χ0n) is 17.8. The minimum Gasteiger partial charge on any atom is -0.464 e. The third-order valence-electron chi connectivity index (χ3n) is 5.15. The van der Waals surface area contributed by atoms with Crippen LogP contribution in [0.25, 0.3) is 17.2 Å². The molecule has 12 heteroatoms. The Bertz CT molecular complexity index is 1260. The van der Waals surface area contributed by atoms with Crippen LogP contribution in [-0.2, 0) is 17.7 Å². The van der Waals surface area contributed by atoms with Gasteiger partial charge in [0.1, 0.15) is 16.7 Å². The molecule has 0 atom stereocenters. The molecule has 1 N–H and O–H groups in total. The van der Waals surface area contributed by atoms with E-state index in [2.05, 4.69) is 32.5 Å². The van der Waals surface area contributed by atoms with Gasteiger partial charge in [0, 0.05) is 18.7 Å². The van der Waals surface area contributed by atoms with Gasteiger partial charge in [0.2, 0.25) is 0 Å². The molecular weight excluding hydrogens is 489 g/mol. The summed E-state index contributed by atoms with van der Waals surface area (Å²) in [6, 6.07) is 9.28. The number of aryl methyl sites for hydroxylation is 1. The molecule has 0 radical (unpaired) electrons. The van der Waals surface area contributed by atoms with Crippen molar-refractivity contribution in [2.24, 2.45) is 0 Å². The fraction of sp³-hybridized carbons (Fsp3) is 0.286. The van der Waals surface area contributed by atoms with Crippen molar-refractivity contribution in [3.8, 4) is 17.2 Å². The van der Waals surface area contributed by atoms with Gasteiger partial charge in [-0.25, -0.2) is 14.9 Å². The van der Waals surface area contributed by atoms with Crippen LogP contribution < -0.4 is 0 Å². The van der Waals surface area contributed by atoms with Crippen molar-refractivity contribution in [1.82, 2.24) is 34.7 Å². The number of ether oxygens (including phenoxy) is 1. The van der Waals surface area contributed by atoms with Crippen molar-refractivity contribution in [3.05, 3.63) is 62.7 Å². The fourth-order valence-corrected chi connectivity index (χ4v) is 4.47. The van der Waals surface area contributed by atoms with Crippen LogP contribution in [0.3, 0.4) is 0 Å². The molecule has 1 aromatic carbocycles. The third-order valence-corrected chi connectivity index (χ3v) is 5.98. The van der Waals surface area contributed by atoms with Crippen LogP contribution >= 0.6 is 34.8 Å². The lowest BCUT2D eigenvalue weighted by atomic mass is 10.2. The zero-order valence-corrected chi connectivity index (χ0v) is 20.1. The summed E-state index contributed by atoms with van der Waals surface area (Å²) in [5, 5.41) is 14.8. The Morgan fingerprint density at radius 1 is 1.18 bits per heavy atom. The van der Waals surface area contributed by atoms with E-state index in [-0.39, 0.29) is 10.8 Å². The van der Waals surface area contributed by atoms with Gasteiger partial charge >= 0.3 is 5.97 Å². The van der Waals surface area contributed by atoms with Crippen LogP contribution in [0.15, 0.2) is 30.3 Å².